The first-order valence-electron chi connectivity index (χ1n) is 10.1. The summed E-state index contributed by atoms with van der Waals surface area (Å²) in [6, 6.07) is 9.57. The van der Waals surface area contributed by atoms with Crippen LogP contribution in [0.4, 0.5) is 0 Å². The highest BCUT2D eigenvalue weighted by atomic mass is 16.6. The van der Waals surface area contributed by atoms with Gasteiger partial charge in [0.15, 0.2) is 11.5 Å². The van der Waals surface area contributed by atoms with Crippen molar-refractivity contribution in [1.82, 2.24) is 15.1 Å². The van der Waals surface area contributed by atoms with E-state index in [9.17, 15) is 14.9 Å². The lowest BCUT2D eigenvalue weighted by Gasteiger charge is -2.37. The Morgan fingerprint density at radius 1 is 1.21 bits per heavy atom. The molecule has 0 unspecified atom stereocenters. The van der Waals surface area contributed by atoms with Gasteiger partial charge in [-0.2, -0.15) is 5.26 Å². The summed E-state index contributed by atoms with van der Waals surface area (Å²) in [4.78, 5) is 28.9. The highest BCUT2D eigenvalue weighted by Gasteiger charge is 2.43. The van der Waals surface area contributed by atoms with Crippen molar-refractivity contribution >= 4 is 11.8 Å². The molecule has 1 aromatic rings. The summed E-state index contributed by atoms with van der Waals surface area (Å²) in [6.07, 6.45) is 1.33. The molecular formula is C21H26N4O4. The molecule has 2 atom stereocenters. The zero-order chi connectivity index (χ0) is 20.4. The number of amides is 2. The van der Waals surface area contributed by atoms with E-state index in [4.69, 9.17) is 9.47 Å². The van der Waals surface area contributed by atoms with Gasteiger partial charge in [0.1, 0.15) is 12.1 Å². The molecular weight excluding hydrogens is 372 g/mol. The van der Waals surface area contributed by atoms with Crippen LogP contribution in [0, 0.1) is 17.2 Å². The fourth-order valence-corrected chi connectivity index (χ4v) is 3.89. The maximum absolute atomic E-state index is 12.8. The van der Waals surface area contributed by atoms with Gasteiger partial charge in [-0.3, -0.25) is 14.5 Å². The average Bonchev–Trinajstić information content (AvgIpc) is 3.59. The zero-order valence-electron chi connectivity index (χ0n) is 16.6. The molecule has 2 heterocycles. The Labute approximate surface area is 170 Å². The Bertz CT molecular complexity index is 826. The van der Waals surface area contributed by atoms with Crippen molar-refractivity contribution in [3.05, 3.63) is 24.3 Å². The van der Waals surface area contributed by atoms with E-state index in [1.54, 1.807) is 17.9 Å². The van der Waals surface area contributed by atoms with E-state index in [1.807, 2.05) is 23.1 Å². The monoisotopic (exact) mass is 398 g/mol. The van der Waals surface area contributed by atoms with Crippen LogP contribution in [0.15, 0.2) is 24.3 Å². The minimum absolute atomic E-state index is 0.0885. The van der Waals surface area contributed by atoms with Gasteiger partial charge >= 0.3 is 0 Å². The molecule has 29 heavy (non-hydrogen) atoms. The number of nitrogens with zero attached hydrogens (tertiary/aromatic N) is 3. The van der Waals surface area contributed by atoms with Crippen molar-refractivity contribution in [3.8, 4) is 17.6 Å². The molecule has 0 radical (unpaired) electrons. The lowest BCUT2D eigenvalue weighted by Crippen LogP contribution is -2.56. The Morgan fingerprint density at radius 3 is 2.55 bits per heavy atom. The van der Waals surface area contributed by atoms with Gasteiger partial charge in [0.2, 0.25) is 12.0 Å². The number of rotatable bonds is 5. The summed E-state index contributed by atoms with van der Waals surface area (Å²) >= 11 is 0. The first-order chi connectivity index (χ1) is 14.0. The normalized spacial score (nSPS) is 23.6. The summed E-state index contributed by atoms with van der Waals surface area (Å²) in [5.41, 5.74) is -0.774. The quantitative estimate of drug-likeness (QED) is 0.788. The van der Waals surface area contributed by atoms with Crippen LogP contribution in [0.1, 0.15) is 19.8 Å². The molecule has 8 heteroatoms. The molecule has 1 aromatic carbocycles. The van der Waals surface area contributed by atoms with E-state index < -0.39 is 11.6 Å². The summed E-state index contributed by atoms with van der Waals surface area (Å²) in [6.45, 7) is 4.52. The second-order valence-corrected chi connectivity index (χ2v) is 8.10. The number of benzene rings is 1. The standard InChI is InChI=1S/C21H26N4O4/c1-21(14-22,15-6-7-15)23-19(26)12-24-8-10-25(11-9-24)20(27)18-13-28-16-4-2-3-5-17(16)29-18/h2-5,15,18H,6-13H2,1H3,(H,23,26)/t18-,21-/m0/s1. The second-order valence-electron chi connectivity index (χ2n) is 8.10. The smallest absolute Gasteiger partial charge is 0.267 e. The van der Waals surface area contributed by atoms with Gasteiger partial charge in [0, 0.05) is 26.2 Å². The van der Waals surface area contributed by atoms with E-state index >= 15 is 0 Å². The van der Waals surface area contributed by atoms with Gasteiger partial charge in [-0.15, -0.1) is 0 Å². The summed E-state index contributed by atoms with van der Waals surface area (Å²) in [7, 11) is 0. The number of nitriles is 1. The van der Waals surface area contributed by atoms with Crippen LogP contribution < -0.4 is 14.8 Å². The molecule has 1 aliphatic carbocycles. The Morgan fingerprint density at radius 2 is 1.90 bits per heavy atom. The lowest BCUT2D eigenvalue weighted by atomic mass is 9.98. The number of hydrogen-bond donors (Lipinski definition) is 1. The molecule has 1 saturated heterocycles. The minimum Gasteiger partial charge on any atom is -0.485 e. The number of carbonyl (C=O) groups excluding carboxylic acids is 2. The SMILES string of the molecule is C[C@@](C#N)(NC(=O)CN1CCN(C(=O)[C@@H]2COc3ccccc3O2)CC1)C1CC1. The fraction of sp³-hybridized carbons (Fsp3) is 0.571. The van der Waals surface area contributed by atoms with Crippen LogP contribution >= 0.6 is 0 Å². The molecule has 4 rings (SSSR count). The van der Waals surface area contributed by atoms with Crippen molar-refractivity contribution in [2.24, 2.45) is 5.92 Å². The van der Waals surface area contributed by atoms with Gasteiger partial charge < -0.3 is 19.7 Å². The molecule has 2 fully saturated rings. The molecule has 0 spiro atoms. The molecule has 2 amide bonds. The van der Waals surface area contributed by atoms with Crippen LogP contribution in [-0.2, 0) is 9.59 Å². The third-order valence-electron chi connectivity index (χ3n) is 5.86. The van der Waals surface area contributed by atoms with Crippen molar-refractivity contribution in [1.29, 1.82) is 5.26 Å². The maximum atomic E-state index is 12.8. The molecule has 2 aliphatic heterocycles. The van der Waals surface area contributed by atoms with Crippen LogP contribution in [0.5, 0.6) is 11.5 Å². The van der Waals surface area contributed by atoms with Gasteiger partial charge in [0.25, 0.3) is 5.91 Å². The second kappa shape index (κ2) is 7.91. The Balaban J connectivity index is 1.25. The van der Waals surface area contributed by atoms with Crippen molar-refractivity contribution < 1.29 is 19.1 Å². The van der Waals surface area contributed by atoms with E-state index in [1.165, 1.54) is 0 Å². The number of fused-ring (bicyclic) bond motifs is 1. The number of nitrogens with one attached hydrogen (secondary N) is 1. The van der Waals surface area contributed by atoms with Crippen LogP contribution in [-0.4, -0.2) is 72.6 Å². The third-order valence-corrected chi connectivity index (χ3v) is 5.86. The van der Waals surface area contributed by atoms with E-state index in [-0.39, 0.29) is 30.9 Å². The average molecular weight is 398 g/mol. The minimum atomic E-state index is -0.774. The summed E-state index contributed by atoms with van der Waals surface area (Å²) < 4.78 is 11.5. The zero-order valence-corrected chi connectivity index (χ0v) is 16.6. The Kier molecular flexibility index (Phi) is 5.33. The molecule has 3 aliphatic rings. The van der Waals surface area contributed by atoms with Gasteiger partial charge in [0.05, 0.1) is 12.6 Å². The molecule has 1 saturated carbocycles. The number of para-hydroxylation sites is 2. The topological polar surface area (TPSA) is 94.9 Å². The van der Waals surface area contributed by atoms with E-state index in [0.29, 0.717) is 37.7 Å². The number of hydrogen-bond acceptors (Lipinski definition) is 6. The van der Waals surface area contributed by atoms with Gasteiger partial charge in [-0.1, -0.05) is 12.1 Å². The predicted molar refractivity (Wildman–Crippen MR) is 104 cm³/mol. The van der Waals surface area contributed by atoms with Crippen LogP contribution in [0.3, 0.4) is 0 Å². The molecule has 0 bridgehead atoms. The first kappa shape index (κ1) is 19.5. The molecule has 1 N–H and O–H groups in total. The number of carbonyl (C=O) groups is 2. The van der Waals surface area contributed by atoms with Gasteiger partial charge in [-0.05, 0) is 37.8 Å². The predicted octanol–water partition coefficient (Wildman–Crippen LogP) is 0.779. The van der Waals surface area contributed by atoms with E-state index in [2.05, 4.69) is 11.4 Å². The van der Waals surface area contributed by atoms with Crippen molar-refractivity contribution in [2.45, 2.75) is 31.4 Å². The van der Waals surface area contributed by atoms with E-state index in [0.717, 1.165) is 12.8 Å². The molecule has 8 nitrogen and oxygen atoms in total. The van der Waals surface area contributed by atoms with Crippen LogP contribution in [0.25, 0.3) is 0 Å². The number of ether oxygens (including phenoxy) is 2. The largest absolute Gasteiger partial charge is 0.485 e. The summed E-state index contributed by atoms with van der Waals surface area (Å²) in [5.74, 6) is 1.27. The lowest BCUT2D eigenvalue weighted by molar-refractivity contribution is -0.143. The fourth-order valence-electron chi connectivity index (χ4n) is 3.89. The summed E-state index contributed by atoms with van der Waals surface area (Å²) in [5, 5.41) is 12.3. The highest BCUT2D eigenvalue weighted by molar-refractivity contribution is 5.82. The molecule has 154 valence electrons. The van der Waals surface area contributed by atoms with Crippen LogP contribution in [0.2, 0.25) is 0 Å². The third kappa shape index (κ3) is 4.30. The first-order valence-corrected chi connectivity index (χ1v) is 10.1. The van der Waals surface area contributed by atoms with Crippen molar-refractivity contribution in [3.63, 3.8) is 0 Å². The molecule has 0 aromatic heterocycles. The maximum Gasteiger partial charge on any atom is 0.267 e. The Hall–Kier alpha value is -2.79. The highest BCUT2D eigenvalue weighted by Crippen LogP contribution is 2.39. The van der Waals surface area contributed by atoms with Crippen molar-refractivity contribution in [2.75, 3.05) is 39.3 Å². The number of piperazine rings is 1. The van der Waals surface area contributed by atoms with Gasteiger partial charge in [-0.25, -0.2) is 0 Å².